The Morgan fingerprint density at radius 2 is 1.90 bits per heavy atom. The summed E-state index contributed by atoms with van der Waals surface area (Å²) in [6.45, 7) is 6.68. The number of rotatable bonds is 9. The first-order valence-corrected chi connectivity index (χ1v) is 10.2. The fourth-order valence-corrected chi connectivity index (χ4v) is 3.25. The summed E-state index contributed by atoms with van der Waals surface area (Å²) in [5, 5.41) is 6.17. The molecule has 7 heteroatoms. The lowest BCUT2D eigenvalue weighted by Crippen LogP contribution is -2.43. The van der Waals surface area contributed by atoms with E-state index in [9.17, 15) is 9.18 Å². The maximum atomic E-state index is 13.8. The number of hydrogen-bond acceptors (Lipinski definition) is 4. The topological polar surface area (TPSA) is 59.6 Å². The highest BCUT2D eigenvalue weighted by Gasteiger charge is 2.18. The van der Waals surface area contributed by atoms with Gasteiger partial charge in [0.1, 0.15) is 5.82 Å². The van der Waals surface area contributed by atoms with Crippen molar-refractivity contribution in [2.75, 3.05) is 20.3 Å². The number of carbonyl (C=O) groups is 1. The quantitative estimate of drug-likeness (QED) is 0.543. The van der Waals surface area contributed by atoms with E-state index in [1.807, 2.05) is 32.9 Å². The third kappa shape index (κ3) is 7.33. The minimum absolute atomic E-state index is 0.119. The lowest BCUT2D eigenvalue weighted by Gasteiger charge is -2.21. The average Bonchev–Trinajstić information content (AvgIpc) is 2.64. The monoisotopic (exact) mass is 466 g/mol. The Morgan fingerprint density at radius 1 is 1.17 bits per heavy atom. The third-order valence-electron chi connectivity index (χ3n) is 4.08. The Bertz CT molecular complexity index is 837. The van der Waals surface area contributed by atoms with E-state index in [2.05, 4.69) is 26.6 Å². The van der Waals surface area contributed by atoms with Gasteiger partial charge in [0.2, 0.25) is 0 Å². The number of carbonyl (C=O) groups excluding carboxylic acids is 1. The molecule has 2 rings (SSSR count). The van der Waals surface area contributed by atoms with Crippen LogP contribution in [0.2, 0.25) is 0 Å². The van der Waals surface area contributed by atoms with Crippen molar-refractivity contribution in [3.63, 3.8) is 0 Å². The van der Waals surface area contributed by atoms with Gasteiger partial charge in [-0.3, -0.25) is 4.79 Å². The van der Waals surface area contributed by atoms with Crippen molar-refractivity contribution in [1.29, 1.82) is 0 Å². The second kappa shape index (κ2) is 10.6. The molecule has 0 aliphatic carbocycles. The second-order valence-corrected chi connectivity index (χ2v) is 8.52. The zero-order valence-electron chi connectivity index (χ0n) is 17.3. The standard InChI is InChI=1S/C22H28BrFN2O3/c1-22(2,3)26-20(27)14-29-21-16(17(23)9-10-19(21)28-4)13-25-12-11-15-7-5-6-8-18(15)24/h5-10,25H,11-14H2,1-4H3,(H,26,27). The fourth-order valence-electron chi connectivity index (χ4n) is 2.80. The molecule has 158 valence electrons. The van der Waals surface area contributed by atoms with Crippen molar-refractivity contribution in [2.45, 2.75) is 39.3 Å². The van der Waals surface area contributed by atoms with Crippen molar-refractivity contribution < 1.29 is 18.7 Å². The number of benzene rings is 2. The van der Waals surface area contributed by atoms with Crippen LogP contribution in [0.15, 0.2) is 40.9 Å². The van der Waals surface area contributed by atoms with Crippen molar-refractivity contribution in [3.05, 3.63) is 57.8 Å². The van der Waals surface area contributed by atoms with Crippen LogP contribution in [0, 0.1) is 5.82 Å². The van der Waals surface area contributed by atoms with Crippen LogP contribution in [-0.2, 0) is 17.8 Å². The predicted molar refractivity (Wildman–Crippen MR) is 116 cm³/mol. The molecule has 0 bridgehead atoms. The summed E-state index contributed by atoms with van der Waals surface area (Å²) in [6, 6.07) is 10.4. The molecule has 2 N–H and O–H groups in total. The predicted octanol–water partition coefficient (Wildman–Crippen LogP) is 4.22. The summed E-state index contributed by atoms with van der Waals surface area (Å²) >= 11 is 3.54. The van der Waals surface area contributed by atoms with E-state index in [1.54, 1.807) is 25.3 Å². The summed E-state index contributed by atoms with van der Waals surface area (Å²) in [7, 11) is 1.56. The minimum Gasteiger partial charge on any atom is -0.493 e. The van der Waals surface area contributed by atoms with Crippen molar-refractivity contribution in [1.82, 2.24) is 10.6 Å². The van der Waals surface area contributed by atoms with Gasteiger partial charge in [-0.15, -0.1) is 0 Å². The van der Waals surface area contributed by atoms with Crippen LogP contribution in [0.4, 0.5) is 4.39 Å². The molecule has 0 fully saturated rings. The molecule has 0 saturated carbocycles. The second-order valence-electron chi connectivity index (χ2n) is 7.66. The highest BCUT2D eigenvalue weighted by atomic mass is 79.9. The number of methoxy groups -OCH3 is 1. The van der Waals surface area contributed by atoms with E-state index in [-0.39, 0.29) is 23.9 Å². The molecule has 0 aromatic heterocycles. The van der Waals surface area contributed by atoms with Gasteiger partial charge in [-0.2, -0.15) is 0 Å². The SMILES string of the molecule is COc1ccc(Br)c(CNCCc2ccccc2F)c1OCC(=O)NC(C)(C)C. The summed E-state index contributed by atoms with van der Waals surface area (Å²) < 4.78 is 25.8. The molecule has 0 saturated heterocycles. The Balaban J connectivity index is 2.04. The number of nitrogens with one attached hydrogen (secondary N) is 2. The first kappa shape index (κ1) is 23.2. The van der Waals surface area contributed by atoms with Crippen molar-refractivity contribution in [3.8, 4) is 11.5 Å². The summed E-state index contributed by atoms with van der Waals surface area (Å²) in [5.74, 6) is 0.635. The van der Waals surface area contributed by atoms with E-state index in [4.69, 9.17) is 9.47 Å². The molecule has 0 aliphatic heterocycles. The average molecular weight is 467 g/mol. The van der Waals surface area contributed by atoms with Gasteiger partial charge in [0.15, 0.2) is 18.1 Å². The van der Waals surface area contributed by atoms with Crippen LogP contribution in [0.5, 0.6) is 11.5 Å². The number of halogens is 2. The molecule has 0 atom stereocenters. The molecule has 5 nitrogen and oxygen atoms in total. The Hall–Kier alpha value is -2.12. The number of amides is 1. The van der Waals surface area contributed by atoms with Gasteiger partial charge < -0.3 is 20.1 Å². The van der Waals surface area contributed by atoms with E-state index in [1.165, 1.54) is 6.07 Å². The molecule has 2 aromatic carbocycles. The first-order chi connectivity index (χ1) is 13.7. The Labute approximate surface area is 180 Å². The van der Waals surface area contributed by atoms with E-state index < -0.39 is 0 Å². The van der Waals surface area contributed by atoms with Gasteiger partial charge in [-0.1, -0.05) is 34.1 Å². The van der Waals surface area contributed by atoms with Crippen LogP contribution >= 0.6 is 15.9 Å². The summed E-state index contributed by atoms with van der Waals surface area (Å²) in [6.07, 6.45) is 0.568. The van der Waals surface area contributed by atoms with Gasteiger partial charge in [0.05, 0.1) is 7.11 Å². The number of ether oxygens (including phenoxy) is 2. The molecule has 0 unspecified atom stereocenters. The van der Waals surface area contributed by atoms with Crippen molar-refractivity contribution >= 4 is 21.8 Å². The van der Waals surface area contributed by atoms with Crippen LogP contribution in [0.3, 0.4) is 0 Å². The Morgan fingerprint density at radius 3 is 2.55 bits per heavy atom. The van der Waals surface area contributed by atoms with E-state index in [0.29, 0.717) is 36.6 Å². The van der Waals surface area contributed by atoms with Gasteiger partial charge in [0, 0.05) is 22.1 Å². The zero-order chi connectivity index (χ0) is 21.4. The van der Waals surface area contributed by atoms with Crippen LogP contribution < -0.4 is 20.1 Å². The molecule has 0 heterocycles. The van der Waals surface area contributed by atoms with Gasteiger partial charge in [0.25, 0.3) is 5.91 Å². The molecule has 1 amide bonds. The third-order valence-corrected chi connectivity index (χ3v) is 4.82. The van der Waals surface area contributed by atoms with Crippen LogP contribution in [0.1, 0.15) is 31.9 Å². The molecule has 2 aromatic rings. The minimum atomic E-state index is -0.334. The van der Waals surface area contributed by atoms with Gasteiger partial charge in [-0.25, -0.2) is 4.39 Å². The first-order valence-electron chi connectivity index (χ1n) is 9.44. The highest BCUT2D eigenvalue weighted by molar-refractivity contribution is 9.10. The molecular weight excluding hydrogens is 439 g/mol. The molecule has 0 aliphatic rings. The largest absolute Gasteiger partial charge is 0.493 e. The zero-order valence-corrected chi connectivity index (χ0v) is 18.9. The molecular formula is C22H28BrFN2O3. The van der Waals surface area contributed by atoms with Gasteiger partial charge in [-0.05, 0) is 57.5 Å². The highest BCUT2D eigenvalue weighted by Crippen LogP contribution is 2.36. The summed E-state index contributed by atoms with van der Waals surface area (Å²) in [5.41, 5.74) is 1.17. The normalized spacial score (nSPS) is 11.2. The Kier molecular flexibility index (Phi) is 8.46. The smallest absolute Gasteiger partial charge is 0.258 e. The van der Waals surface area contributed by atoms with Gasteiger partial charge >= 0.3 is 0 Å². The maximum Gasteiger partial charge on any atom is 0.258 e. The van der Waals surface area contributed by atoms with E-state index in [0.717, 1.165) is 10.0 Å². The lowest BCUT2D eigenvalue weighted by atomic mass is 10.1. The number of hydrogen-bond donors (Lipinski definition) is 2. The summed E-state index contributed by atoms with van der Waals surface area (Å²) in [4.78, 5) is 12.1. The maximum absolute atomic E-state index is 13.8. The fraction of sp³-hybridized carbons (Fsp3) is 0.409. The van der Waals surface area contributed by atoms with Crippen LogP contribution in [0.25, 0.3) is 0 Å². The van der Waals surface area contributed by atoms with E-state index >= 15 is 0 Å². The molecule has 29 heavy (non-hydrogen) atoms. The lowest BCUT2D eigenvalue weighted by molar-refractivity contribution is -0.124. The molecule has 0 radical (unpaired) electrons. The van der Waals surface area contributed by atoms with Crippen molar-refractivity contribution in [2.24, 2.45) is 0 Å². The molecule has 0 spiro atoms. The van der Waals surface area contributed by atoms with Crippen LogP contribution in [-0.4, -0.2) is 31.7 Å².